The Morgan fingerprint density at radius 1 is 1.32 bits per heavy atom. The molecule has 19 heavy (non-hydrogen) atoms. The van der Waals surface area contributed by atoms with Crippen LogP contribution in [0, 0.1) is 0 Å². The maximum atomic E-state index is 10.8. The Hall–Kier alpha value is -1.32. The fourth-order valence-electron chi connectivity index (χ4n) is 1.01. The minimum Gasteiger partial charge on any atom is -0.461 e. The standard InChI is InChI=1S/C8H15NO2.C7H7Cl/c1-7(2)8(10)11-6-5-9(3)4;8-6-7-4-2-1-3-5-7/h1,5-6H2,2-4H3;1-5H,6H2. The Morgan fingerprint density at radius 2 is 1.89 bits per heavy atom. The van der Waals surface area contributed by atoms with Gasteiger partial charge in [-0.2, -0.15) is 0 Å². The van der Waals surface area contributed by atoms with Gasteiger partial charge in [0.15, 0.2) is 0 Å². The number of rotatable bonds is 5. The monoisotopic (exact) mass is 283 g/mol. The first kappa shape index (κ1) is 17.7. The van der Waals surface area contributed by atoms with E-state index in [1.54, 1.807) is 6.92 Å². The van der Waals surface area contributed by atoms with E-state index >= 15 is 0 Å². The van der Waals surface area contributed by atoms with Crippen molar-refractivity contribution in [2.75, 3.05) is 27.2 Å². The molecular formula is C15H22ClNO2. The lowest BCUT2D eigenvalue weighted by molar-refractivity contribution is -0.139. The van der Waals surface area contributed by atoms with E-state index in [2.05, 4.69) is 6.58 Å². The number of nitrogens with zero attached hydrogens (tertiary/aromatic N) is 1. The smallest absolute Gasteiger partial charge is 0.333 e. The summed E-state index contributed by atoms with van der Waals surface area (Å²) in [6.45, 7) is 6.28. The molecule has 4 heteroatoms. The highest BCUT2D eigenvalue weighted by Gasteiger charge is 2.01. The van der Waals surface area contributed by atoms with E-state index < -0.39 is 0 Å². The van der Waals surface area contributed by atoms with E-state index in [9.17, 15) is 4.79 Å². The molecule has 0 aliphatic carbocycles. The van der Waals surface area contributed by atoms with Crippen LogP contribution in [-0.4, -0.2) is 38.1 Å². The van der Waals surface area contributed by atoms with Crippen LogP contribution in [-0.2, 0) is 15.4 Å². The lowest BCUT2D eigenvalue weighted by Crippen LogP contribution is -2.20. The zero-order chi connectivity index (χ0) is 14.7. The molecule has 0 saturated heterocycles. The van der Waals surface area contributed by atoms with Crippen LogP contribution in [0.1, 0.15) is 12.5 Å². The fraction of sp³-hybridized carbons (Fsp3) is 0.400. The third-order valence-electron chi connectivity index (χ3n) is 2.12. The molecule has 0 radical (unpaired) electrons. The summed E-state index contributed by atoms with van der Waals surface area (Å²) in [6, 6.07) is 9.96. The molecular weight excluding hydrogens is 262 g/mol. The van der Waals surface area contributed by atoms with E-state index in [0.717, 1.165) is 6.54 Å². The van der Waals surface area contributed by atoms with Crippen LogP contribution in [0.4, 0.5) is 0 Å². The molecule has 0 unspecified atom stereocenters. The maximum Gasteiger partial charge on any atom is 0.333 e. The van der Waals surface area contributed by atoms with Crippen molar-refractivity contribution in [3.8, 4) is 0 Å². The topological polar surface area (TPSA) is 29.5 Å². The molecule has 3 nitrogen and oxygen atoms in total. The predicted octanol–water partition coefficient (Wildman–Crippen LogP) is 3.09. The van der Waals surface area contributed by atoms with E-state index in [4.69, 9.17) is 16.3 Å². The Morgan fingerprint density at radius 3 is 2.26 bits per heavy atom. The van der Waals surface area contributed by atoms with Crippen LogP contribution in [0.25, 0.3) is 0 Å². The molecule has 0 bridgehead atoms. The second-order valence-corrected chi connectivity index (χ2v) is 4.61. The molecule has 0 atom stereocenters. The van der Waals surface area contributed by atoms with Crippen LogP contribution in [0.5, 0.6) is 0 Å². The second kappa shape index (κ2) is 10.6. The average molecular weight is 284 g/mol. The summed E-state index contributed by atoms with van der Waals surface area (Å²) in [4.78, 5) is 12.7. The van der Waals surface area contributed by atoms with Crippen LogP contribution >= 0.6 is 11.6 Å². The molecule has 0 aromatic heterocycles. The molecule has 0 N–H and O–H groups in total. The molecule has 0 saturated carbocycles. The van der Waals surface area contributed by atoms with Gasteiger partial charge in [0, 0.05) is 18.0 Å². The largest absolute Gasteiger partial charge is 0.461 e. The first-order valence-corrected chi connectivity index (χ1v) is 6.58. The van der Waals surface area contributed by atoms with Crippen LogP contribution < -0.4 is 0 Å². The molecule has 1 aromatic carbocycles. The minimum atomic E-state index is -0.313. The molecule has 106 valence electrons. The van der Waals surface area contributed by atoms with Crippen LogP contribution in [0.2, 0.25) is 0 Å². The van der Waals surface area contributed by atoms with Gasteiger partial charge in [0.25, 0.3) is 0 Å². The number of halogens is 1. The molecule has 0 heterocycles. The molecule has 0 spiro atoms. The van der Waals surface area contributed by atoms with Gasteiger partial charge in [0.05, 0.1) is 0 Å². The Balaban J connectivity index is 0.000000356. The summed E-state index contributed by atoms with van der Waals surface area (Å²) in [5.41, 5.74) is 1.62. The van der Waals surface area contributed by atoms with Gasteiger partial charge in [-0.1, -0.05) is 36.9 Å². The first-order chi connectivity index (χ1) is 8.97. The molecule has 0 aliphatic rings. The van der Waals surface area contributed by atoms with Crippen molar-refractivity contribution in [2.45, 2.75) is 12.8 Å². The van der Waals surface area contributed by atoms with Gasteiger partial charge in [-0.3, -0.25) is 0 Å². The SMILES string of the molecule is C=C(C)C(=O)OCCN(C)C.ClCc1ccccc1. The number of hydrogen-bond acceptors (Lipinski definition) is 3. The van der Waals surface area contributed by atoms with Gasteiger partial charge in [-0.05, 0) is 26.6 Å². The van der Waals surface area contributed by atoms with E-state index in [-0.39, 0.29) is 5.97 Å². The van der Waals surface area contributed by atoms with Crippen molar-refractivity contribution in [3.05, 3.63) is 48.0 Å². The van der Waals surface area contributed by atoms with Crippen molar-refractivity contribution in [3.63, 3.8) is 0 Å². The van der Waals surface area contributed by atoms with Crippen molar-refractivity contribution in [1.82, 2.24) is 4.90 Å². The highest BCUT2D eigenvalue weighted by atomic mass is 35.5. The summed E-state index contributed by atoms with van der Waals surface area (Å²) < 4.78 is 4.83. The van der Waals surface area contributed by atoms with Gasteiger partial charge in [0.2, 0.25) is 0 Å². The number of alkyl halides is 1. The third-order valence-corrected chi connectivity index (χ3v) is 2.43. The van der Waals surface area contributed by atoms with E-state index in [1.807, 2.05) is 49.3 Å². The fourth-order valence-corrected chi connectivity index (χ4v) is 1.19. The second-order valence-electron chi connectivity index (χ2n) is 4.34. The number of likely N-dealkylation sites (N-methyl/N-ethyl adjacent to an activating group) is 1. The zero-order valence-electron chi connectivity index (χ0n) is 11.9. The summed E-state index contributed by atoms with van der Waals surface area (Å²) in [5, 5.41) is 0. The van der Waals surface area contributed by atoms with Gasteiger partial charge in [-0.25, -0.2) is 4.79 Å². The number of esters is 1. The van der Waals surface area contributed by atoms with Crippen molar-refractivity contribution >= 4 is 17.6 Å². The average Bonchev–Trinajstić information content (AvgIpc) is 2.39. The van der Waals surface area contributed by atoms with Gasteiger partial charge < -0.3 is 9.64 Å². The van der Waals surface area contributed by atoms with Gasteiger partial charge in [0.1, 0.15) is 6.61 Å². The van der Waals surface area contributed by atoms with Gasteiger partial charge in [-0.15, -0.1) is 11.6 Å². The highest BCUT2D eigenvalue weighted by Crippen LogP contribution is 2.00. The summed E-state index contributed by atoms with van der Waals surface area (Å²) in [6.07, 6.45) is 0. The highest BCUT2D eigenvalue weighted by molar-refractivity contribution is 6.17. The normalized spacial score (nSPS) is 9.53. The van der Waals surface area contributed by atoms with Crippen LogP contribution in [0.3, 0.4) is 0 Å². The molecule has 1 aromatic rings. The summed E-state index contributed by atoms with van der Waals surface area (Å²) in [5.74, 6) is 0.299. The van der Waals surface area contributed by atoms with E-state index in [1.165, 1.54) is 5.56 Å². The number of benzene rings is 1. The number of carbonyl (C=O) groups is 1. The number of ether oxygens (including phenoxy) is 1. The lowest BCUT2D eigenvalue weighted by Gasteiger charge is -2.09. The summed E-state index contributed by atoms with van der Waals surface area (Å²) in [7, 11) is 3.85. The predicted molar refractivity (Wildman–Crippen MR) is 80.3 cm³/mol. The van der Waals surface area contributed by atoms with Gasteiger partial charge >= 0.3 is 5.97 Å². The zero-order valence-corrected chi connectivity index (χ0v) is 12.6. The molecule has 0 amide bonds. The van der Waals surface area contributed by atoms with E-state index in [0.29, 0.717) is 18.1 Å². The number of carbonyl (C=O) groups excluding carboxylic acids is 1. The Labute approximate surface area is 120 Å². The lowest BCUT2D eigenvalue weighted by atomic mass is 10.2. The first-order valence-electron chi connectivity index (χ1n) is 6.04. The van der Waals surface area contributed by atoms with Crippen molar-refractivity contribution in [1.29, 1.82) is 0 Å². The Kier molecular flexibility index (Phi) is 9.85. The number of hydrogen-bond donors (Lipinski definition) is 0. The minimum absolute atomic E-state index is 0.313. The maximum absolute atomic E-state index is 10.8. The Bertz CT molecular complexity index is 377. The summed E-state index contributed by atoms with van der Waals surface area (Å²) >= 11 is 5.53. The molecule has 0 aliphatic heterocycles. The van der Waals surface area contributed by atoms with Crippen molar-refractivity contribution in [2.24, 2.45) is 0 Å². The van der Waals surface area contributed by atoms with Crippen LogP contribution in [0.15, 0.2) is 42.5 Å². The molecule has 1 rings (SSSR count). The third kappa shape index (κ3) is 10.3. The molecule has 0 fully saturated rings. The quantitative estimate of drug-likeness (QED) is 0.472. The van der Waals surface area contributed by atoms with Crippen molar-refractivity contribution < 1.29 is 9.53 Å².